The minimum Gasteiger partial charge on any atom is -0.392 e. The van der Waals surface area contributed by atoms with E-state index < -0.39 is 0 Å². The van der Waals surface area contributed by atoms with E-state index in [4.69, 9.17) is 21.6 Å². The molecule has 0 unspecified atom stereocenters. The lowest BCUT2D eigenvalue weighted by Crippen LogP contribution is -2.21. The average Bonchev–Trinajstić information content (AvgIpc) is 3.69. The maximum absolute atomic E-state index is 13.2. The molecule has 10 heteroatoms. The van der Waals surface area contributed by atoms with Gasteiger partial charge in [-0.3, -0.25) is 29.5 Å². The summed E-state index contributed by atoms with van der Waals surface area (Å²) in [7, 11) is 0. The number of carbonyl (C=O) groups is 1. The summed E-state index contributed by atoms with van der Waals surface area (Å²) in [4.78, 5) is 31.5. The molecule has 3 aromatic heterocycles. The van der Waals surface area contributed by atoms with Crippen LogP contribution in [0.3, 0.4) is 0 Å². The van der Waals surface area contributed by atoms with Crippen LogP contribution in [0, 0.1) is 6.92 Å². The van der Waals surface area contributed by atoms with E-state index in [1.807, 2.05) is 48.8 Å². The maximum Gasteiger partial charge on any atom is 0.274 e. The van der Waals surface area contributed by atoms with Crippen molar-refractivity contribution in [1.82, 2.24) is 24.8 Å². The van der Waals surface area contributed by atoms with Crippen molar-refractivity contribution in [2.75, 3.05) is 31.5 Å². The van der Waals surface area contributed by atoms with Crippen LogP contribution in [0.2, 0.25) is 5.02 Å². The predicted octanol–water partition coefficient (Wildman–Crippen LogP) is 5.63. The van der Waals surface area contributed by atoms with Gasteiger partial charge in [-0.1, -0.05) is 48.0 Å². The number of hydrogen-bond donors (Lipinski definition) is 3. The smallest absolute Gasteiger partial charge is 0.274 e. The molecule has 1 amide bonds. The van der Waals surface area contributed by atoms with Crippen LogP contribution in [0.15, 0.2) is 79.3 Å². The number of carbonyl (C=O) groups excluding carboxylic acids is 1. The molecule has 0 bridgehead atoms. The summed E-state index contributed by atoms with van der Waals surface area (Å²) in [6.45, 7) is 6.65. The molecule has 0 radical (unpaired) electrons. The van der Waals surface area contributed by atoms with E-state index in [9.17, 15) is 15.0 Å². The number of rotatable bonds is 9. The van der Waals surface area contributed by atoms with Crippen molar-refractivity contribution in [3.63, 3.8) is 0 Å². The molecule has 2 atom stereocenters. The SMILES string of the molecule is Cc1c(Cc2nccc3cc(CN4CC[C@@H](O)C4)cnc23)cccc1-c1cccc(NC(=O)c2ccc(CN3CC[C@@H](O)C3)cn2)c1Cl. The molecule has 9 nitrogen and oxygen atoms in total. The summed E-state index contributed by atoms with van der Waals surface area (Å²) in [5.41, 5.74) is 8.72. The van der Waals surface area contributed by atoms with E-state index in [0.29, 0.717) is 42.5 Å². The Morgan fingerprint density at radius 2 is 1.58 bits per heavy atom. The van der Waals surface area contributed by atoms with E-state index in [1.165, 1.54) is 0 Å². The minimum absolute atomic E-state index is 0.243. The zero-order chi connectivity index (χ0) is 33.2. The Hall–Kier alpha value is -4.25. The van der Waals surface area contributed by atoms with Gasteiger partial charge in [0.25, 0.3) is 5.91 Å². The third kappa shape index (κ3) is 7.11. The number of benzene rings is 2. The fourth-order valence-electron chi connectivity index (χ4n) is 6.83. The summed E-state index contributed by atoms with van der Waals surface area (Å²) in [5, 5.41) is 24.1. The quantitative estimate of drug-likeness (QED) is 0.186. The van der Waals surface area contributed by atoms with Crippen molar-refractivity contribution in [3.8, 4) is 11.1 Å². The van der Waals surface area contributed by atoms with E-state index in [0.717, 1.165) is 82.5 Å². The van der Waals surface area contributed by atoms with Crippen LogP contribution in [0.5, 0.6) is 0 Å². The monoisotopic (exact) mass is 662 g/mol. The summed E-state index contributed by atoms with van der Waals surface area (Å²) >= 11 is 6.95. The highest BCUT2D eigenvalue weighted by Gasteiger charge is 2.22. The number of β-amino-alcohol motifs (C(OH)–C–C–N with tert-alkyl or cyclic N) is 2. The van der Waals surface area contributed by atoms with Crippen LogP contribution in [-0.4, -0.2) is 79.3 Å². The Morgan fingerprint density at radius 3 is 2.29 bits per heavy atom. The highest BCUT2D eigenvalue weighted by atomic mass is 35.5. The van der Waals surface area contributed by atoms with E-state index in [1.54, 1.807) is 18.3 Å². The lowest BCUT2D eigenvalue weighted by Gasteiger charge is -2.16. The van der Waals surface area contributed by atoms with Crippen molar-refractivity contribution in [2.24, 2.45) is 0 Å². The summed E-state index contributed by atoms with van der Waals surface area (Å²) in [5.74, 6) is -0.335. The van der Waals surface area contributed by atoms with Crippen molar-refractivity contribution < 1.29 is 15.0 Å². The van der Waals surface area contributed by atoms with Gasteiger partial charge in [0.15, 0.2) is 0 Å². The number of hydrogen-bond acceptors (Lipinski definition) is 8. The van der Waals surface area contributed by atoms with E-state index in [2.05, 4.69) is 39.2 Å². The van der Waals surface area contributed by atoms with Crippen molar-refractivity contribution in [3.05, 3.63) is 118 Å². The van der Waals surface area contributed by atoms with Gasteiger partial charge in [-0.05, 0) is 71.8 Å². The molecule has 0 saturated carbocycles. The highest BCUT2D eigenvalue weighted by Crippen LogP contribution is 2.37. The Bertz CT molecular complexity index is 1950. The van der Waals surface area contributed by atoms with Crippen molar-refractivity contribution >= 4 is 34.1 Å². The number of pyridine rings is 3. The topological polar surface area (TPSA) is 115 Å². The second-order valence-electron chi connectivity index (χ2n) is 13.0. The first kappa shape index (κ1) is 32.3. The average molecular weight is 663 g/mol. The Balaban J connectivity index is 1.07. The standard InChI is InChI=1S/C38H39ClN6O3/c1-24-27(17-35-37-28(10-13-40-35)16-26(19-42-37)21-45-15-12-30(47)23-45)4-2-5-31(24)32-6-3-7-33(36(32)39)43-38(48)34-9-8-25(18-41-34)20-44-14-11-29(46)22-44/h2-10,13,16,18-19,29-30,46-47H,11-12,14-15,17,20-23H2,1H3,(H,43,48)/t29-,30-/m1/s1. The fraction of sp³-hybridized carbons (Fsp3) is 0.316. The van der Waals surface area contributed by atoms with Gasteiger partial charge in [0.05, 0.1) is 34.1 Å². The molecule has 246 valence electrons. The van der Waals surface area contributed by atoms with Crippen LogP contribution < -0.4 is 5.32 Å². The van der Waals surface area contributed by atoms with Crippen molar-refractivity contribution in [2.45, 2.75) is 51.5 Å². The molecule has 7 rings (SSSR count). The van der Waals surface area contributed by atoms with Crippen LogP contribution in [0.4, 0.5) is 5.69 Å². The molecule has 2 aromatic carbocycles. The van der Waals surface area contributed by atoms with E-state index >= 15 is 0 Å². The van der Waals surface area contributed by atoms with Gasteiger partial charge in [0.2, 0.25) is 0 Å². The molecule has 3 N–H and O–H groups in total. The van der Waals surface area contributed by atoms with Gasteiger partial charge in [-0.2, -0.15) is 0 Å². The molecule has 2 aliphatic heterocycles. The first-order valence-electron chi connectivity index (χ1n) is 16.5. The molecule has 2 saturated heterocycles. The summed E-state index contributed by atoms with van der Waals surface area (Å²) in [6.07, 6.45) is 7.16. The number of aromatic nitrogens is 3. The number of anilines is 1. The molecule has 0 aliphatic carbocycles. The molecule has 48 heavy (non-hydrogen) atoms. The maximum atomic E-state index is 13.2. The Kier molecular flexibility index (Phi) is 9.48. The molecule has 2 fully saturated rings. The predicted molar refractivity (Wildman–Crippen MR) is 188 cm³/mol. The zero-order valence-corrected chi connectivity index (χ0v) is 27.7. The van der Waals surface area contributed by atoms with Crippen molar-refractivity contribution in [1.29, 1.82) is 0 Å². The van der Waals surface area contributed by atoms with Crippen LogP contribution in [0.1, 0.15) is 51.3 Å². The van der Waals surface area contributed by atoms with Crippen LogP contribution in [-0.2, 0) is 19.5 Å². The second kappa shape index (κ2) is 14.1. The second-order valence-corrected chi connectivity index (χ2v) is 13.3. The van der Waals surface area contributed by atoms with Gasteiger partial charge in [0.1, 0.15) is 5.69 Å². The number of aliphatic hydroxyl groups is 2. The van der Waals surface area contributed by atoms with E-state index in [-0.39, 0.29) is 18.1 Å². The van der Waals surface area contributed by atoms with Gasteiger partial charge >= 0.3 is 0 Å². The normalized spacial score (nSPS) is 18.5. The number of halogens is 1. The Labute approximate surface area is 285 Å². The molecule has 2 aliphatic rings. The minimum atomic E-state index is -0.335. The molecule has 0 spiro atoms. The largest absolute Gasteiger partial charge is 0.392 e. The number of amides is 1. The fourth-order valence-corrected chi connectivity index (χ4v) is 7.11. The number of aliphatic hydroxyl groups excluding tert-OH is 2. The Morgan fingerprint density at radius 1 is 0.875 bits per heavy atom. The van der Waals surface area contributed by atoms with Gasteiger partial charge in [0, 0.05) is 75.2 Å². The molecular formula is C38H39ClN6O3. The molecule has 5 heterocycles. The molecular weight excluding hydrogens is 624 g/mol. The van der Waals surface area contributed by atoms with Gasteiger partial charge in [-0.25, -0.2) is 0 Å². The lowest BCUT2D eigenvalue weighted by atomic mass is 9.93. The highest BCUT2D eigenvalue weighted by molar-refractivity contribution is 6.36. The lowest BCUT2D eigenvalue weighted by molar-refractivity contribution is 0.102. The number of fused-ring (bicyclic) bond motifs is 1. The number of nitrogens with zero attached hydrogens (tertiary/aromatic N) is 5. The van der Waals surface area contributed by atoms with Gasteiger partial charge in [-0.15, -0.1) is 0 Å². The number of nitrogens with one attached hydrogen (secondary N) is 1. The van der Waals surface area contributed by atoms with Crippen LogP contribution in [0.25, 0.3) is 22.0 Å². The molecule has 5 aromatic rings. The first-order valence-corrected chi connectivity index (χ1v) is 16.9. The zero-order valence-electron chi connectivity index (χ0n) is 26.9. The third-order valence-corrected chi connectivity index (χ3v) is 9.84. The summed E-state index contributed by atoms with van der Waals surface area (Å²) < 4.78 is 0. The van der Waals surface area contributed by atoms with Gasteiger partial charge < -0.3 is 15.5 Å². The first-order chi connectivity index (χ1) is 23.3. The summed E-state index contributed by atoms with van der Waals surface area (Å²) in [6, 6.07) is 19.6. The third-order valence-electron chi connectivity index (χ3n) is 9.44. The number of likely N-dealkylation sites (tertiary alicyclic amines) is 2. The van der Waals surface area contributed by atoms with Crippen LogP contribution >= 0.6 is 11.6 Å².